The highest BCUT2D eigenvalue weighted by Gasteiger charge is 2.52. The first-order valence-corrected chi connectivity index (χ1v) is 7.25. The fourth-order valence-corrected chi connectivity index (χ4v) is 2.98. The van der Waals surface area contributed by atoms with Crippen molar-refractivity contribution in [2.75, 3.05) is 6.61 Å². The molecule has 2 atom stereocenters. The van der Waals surface area contributed by atoms with E-state index in [2.05, 4.69) is 0 Å². The predicted octanol–water partition coefficient (Wildman–Crippen LogP) is 3.18. The molecule has 1 aromatic rings. The Kier molecular flexibility index (Phi) is 4.56. The van der Waals surface area contributed by atoms with E-state index in [1.807, 2.05) is 0 Å². The zero-order chi connectivity index (χ0) is 17.6. The zero-order valence-electron chi connectivity index (χ0n) is 12.4. The Morgan fingerprint density at radius 2 is 2.00 bits per heavy atom. The number of ether oxygens (including phenoxy) is 1. The molecule has 2 N–H and O–H groups in total. The Morgan fingerprint density at radius 3 is 2.48 bits per heavy atom. The van der Waals surface area contributed by atoms with Crippen LogP contribution in [0, 0.1) is 5.92 Å². The van der Waals surface area contributed by atoms with Gasteiger partial charge < -0.3 is 14.9 Å². The van der Waals surface area contributed by atoms with Crippen molar-refractivity contribution in [1.82, 2.24) is 0 Å². The number of hydrogen-bond acceptors (Lipinski definition) is 3. The molecule has 0 bridgehead atoms. The molecular weight excluding hydrogens is 337 g/mol. The zero-order valence-corrected chi connectivity index (χ0v) is 13.2. The van der Waals surface area contributed by atoms with Crippen LogP contribution in [-0.2, 0) is 16.6 Å². The largest absolute Gasteiger partial charge is 0.481 e. The molecular formula is C15H16ClF3O4. The molecule has 1 aliphatic heterocycles. The summed E-state index contributed by atoms with van der Waals surface area (Å²) in [7, 11) is 0. The molecule has 2 rings (SSSR count). The Morgan fingerprint density at radius 1 is 1.39 bits per heavy atom. The van der Waals surface area contributed by atoms with Crippen LogP contribution in [0.4, 0.5) is 13.2 Å². The van der Waals surface area contributed by atoms with Crippen molar-refractivity contribution in [2.24, 2.45) is 5.92 Å². The highest BCUT2D eigenvalue weighted by atomic mass is 35.5. The number of rotatable bonds is 3. The van der Waals surface area contributed by atoms with E-state index in [9.17, 15) is 23.1 Å². The SMILES string of the molecule is CC(C)(CO)c1cc2c(cc1Cl)C[C@@H](C(=O)O)[C@@H](C(F)(F)F)O2. The van der Waals surface area contributed by atoms with Gasteiger partial charge in [-0.3, -0.25) is 4.79 Å². The standard InChI is InChI=1S/C15H16ClF3O4/c1-14(2,6-20)9-5-11-7(4-10(9)16)3-8(13(21)22)12(23-11)15(17,18)19/h4-5,8,12,20H,3,6H2,1-2H3,(H,21,22)/t8-,12+/m1/s1. The highest BCUT2D eigenvalue weighted by molar-refractivity contribution is 6.31. The summed E-state index contributed by atoms with van der Waals surface area (Å²) >= 11 is 6.14. The molecule has 4 nitrogen and oxygen atoms in total. The third kappa shape index (κ3) is 3.40. The molecule has 0 amide bonds. The summed E-state index contributed by atoms with van der Waals surface area (Å²) in [6.07, 6.45) is -7.54. The number of carbonyl (C=O) groups is 1. The molecule has 0 radical (unpaired) electrons. The lowest BCUT2D eigenvalue weighted by Gasteiger charge is -2.34. The first kappa shape index (κ1) is 17.9. The lowest BCUT2D eigenvalue weighted by molar-refractivity contribution is -0.217. The Hall–Kier alpha value is -1.47. The number of alkyl halides is 3. The third-order valence-corrected chi connectivity index (χ3v) is 4.29. The van der Waals surface area contributed by atoms with E-state index in [1.165, 1.54) is 12.1 Å². The van der Waals surface area contributed by atoms with Gasteiger partial charge in [-0.1, -0.05) is 25.4 Å². The average Bonchev–Trinajstić information content (AvgIpc) is 2.43. The molecule has 0 saturated carbocycles. The third-order valence-electron chi connectivity index (χ3n) is 3.97. The predicted molar refractivity (Wildman–Crippen MR) is 76.9 cm³/mol. The number of fused-ring (bicyclic) bond motifs is 1. The lowest BCUT2D eigenvalue weighted by atomic mass is 9.83. The maximum Gasteiger partial charge on any atom is 0.426 e. The molecule has 0 fully saturated rings. The number of benzene rings is 1. The van der Waals surface area contributed by atoms with Crippen LogP contribution in [0.5, 0.6) is 5.75 Å². The molecule has 8 heteroatoms. The van der Waals surface area contributed by atoms with Crippen LogP contribution < -0.4 is 4.74 Å². The quantitative estimate of drug-likeness (QED) is 0.877. The van der Waals surface area contributed by atoms with Crippen LogP contribution in [0.15, 0.2) is 12.1 Å². The van der Waals surface area contributed by atoms with Gasteiger partial charge in [-0.2, -0.15) is 13.2 Å². The van der Waals surface area contributed by atoms with Gasteiger partial charge in [0, 0.05) is 10.4 Å². The van der Waals surface area contributed by atoms with Gasteiger partial charge in [-0.15, -0.1) is 0 Å². The summed E-state index contributed by atoms with van der Waals surface area (Å²) in [4.78, 5) is 11.1. The van der Waals surface area contributed by atoms with Crippen molar-refractivity contribution < 1.29 is 32.9 Å². The van der Waals surface area contributed by atoms with Gasteiger partial charge in [0.25, 0.3) is 0 Å². The Balaban J connectivity index is 2.51. The van der Waals surface area contributed by atoms with E-state index in [0.717, 1.165) is 0 Å². The van der Waals surface area contributed by atoms with Gasteiger partial charge in [0.15, 0.2) is 0 Å². The molecule has 1 heterocycles. The van der Waals surface area contributed by atoms with E-state index >= 15 is 0 Å². The van der Waals surface area contributed by atoms with Crippen molar-refractivity contribution in [1.29, 1.82) is 0 Å². The molecule has 1 aromatic carbocycles. The molecule has 1 aliphatic rings. The van der Waals surface area contributed by atoms with Crippen molar-refractivity contribution in [2.45, 2.75) is 38.0 Å². The fraction of sp³-hybridized carbons (Fsp3) is 0.533. The van der Waals surface area contributed by atoms with E-state index < -0.39 is 29.6 Å². The lowest BCUT2D eigenvalue weighted by Crippen LogP contribution is -2.47. The van der Waals surface area contributed by atoms with Gasteiger partial charge in [-0.25, -0.2) is 0 Å². The number of carboxylic acid groups (broad SMARTS) is 1. The minimum absolute atomic E-state index is 0.0502. The van der Waals surface area contributed by atoms with Crippen molar-refractivity contribution >= 4 is 17.6 Å². The summed E-state index contributed by atoms with van der Waals surface area (Å²) in [6, 6.07) is 2.76. The maximum absolute atomic E-state index is 13.1. The van der Waals surface area contributed by atoms with Crippen molar-refractivity contribution in [3.8, 4) is 5.75 Å². The second-order valence-electron chi connectivity index (χ2n) is 6.21. The Labute approximate surface area is 135 Å². The van der Waals surface area contributed by atoms with Gasteiger partial charge in [0.05, 0.1) is 6.61 Å². The van der Waals surface area contributed by atoms with Crippen LogP contribution in [0.1, 0.15) is 25.0 Å². The monoisotopic (exact) mass is 352 g/mol. The van der Waals surface area contributed by atoms with Gasteiger partial charge >= 0.3 is 12.1 Å². The van der Waals surface area contributed by atoms with E-state index in [-0.39, 0.29) is 23.8 Å². The molecule has 0 spiro atoms. The molecule has 0 aliphatic carbocycles. The van der Waals surface area contributed by atoms with Crippen LogP contribution >= 0.6 is 11.6 Å². The van der Waals surface area contributed by atoms with Crippen LogP contribution in [0.2, 0.25) is 5.02 Å². The van der Waals surface area contributed by atoms with E-state index in [0.29, 0.717) is 11.1 Å². The number of aliphatic hydroxyl groups excluding tert-OH is 1. The second-order valence-corrected chi connectivity index (χ2v) is 6.62. The summed E-state index contributed by atoms with van der Waals surface area (Å²) in [5.41, 5.74) is -0.0251. The van der Waals surface area contributed by atoms with Crippen molar-refractivity contribution in [3.05, 3.63) is 28.3 Å². The normalized spacial score (nSPS) is 21.5. The first-order chi connectivity index (χ1) is 10.5. The highest BCUT2D eigenvalue weighted by Crippen LogP contribution is 2.42. The number of aliphatic carboxylic acids is 1. The molecule has 128 valence electrons. The molecule has 0 aromatic heterocycles. The Bertz CT molecular complexity index is 628. The second kappa shape index (κ2) is 5.87. The first-order valence-electron chi connectivity index (χ1n) is 6.87. The number of carboxylic acids is 1. The van der Waals surface area contributed by atoms with E-state index in [1.54, 1.807) is 13.8 Å². The molecule has 0 saturated heterocycles. The van der Waals surface area contributed by atoms with Gasteiger partial charge in [-0.05, 0) is 29.7 Å². The number of halogens is 4. The summed E-state index contributed by atoms with van der Waals surface area (Å²) in [6.45, 7) is 3.11. The summed E-state index contributed by atoms with van der Waals surface area (Å²) in [5.74, 6) is -3.35. The summed E-state index contributed by atoms with van der Waals surface area (Å²) in [5, 5.41) is 18.7. The van der Waals surface area contributed by atoms with Crippen LogP contribution in [0.3, 0.4) is 0 Å². The molecule has 0 unspecified atom stereocenters. The number of hydrogen-bond donors (Lipinski definition) is 2. The molecule has 23 heavy (non-hydrogen) atoms. The maximum atomic E-state index is 13.1. The average molecular weight is 353 g/mol. The van der Waals surface area contributed by atoms with Gasteiger partial charge in [0.1, 0.15) is 11.7 Å². The fourth-order valence-electron chi connectivity index (χ4n) is 2.54. The van der Waals surface area contributed by atoms with Crippen LogP contribution in [0.25, 0.3) is 0 Å². The number of aliphatic hydroxyl groups is 1. The summed E-state index contributed by atoms with van der Waals surface area (Å²) < 4.78 is 44.2. The smallest absolute Gasteiger partial charge is 0.426 e. The van der Waals surface area contributed by atoms with Gasteiger partial charge in [0.2, 0.25) is 6.10 Å². The van der Waals surface area contributed by atoms with E-state index in [4.69, 9.17) is 21.4 Å². The van der Waals surface area contributed by atoms with Crippen molar-refractivity contribution in [3.63, 3.8) is 0 Å². The topological polar surface area (TPSA) is 66.8 Å². The minimum atomic E-state index is -4.80. The minimum Gasteiger partial charge on any atom is -0.481 e. The van der Waals surface area contributed by atoms with Crippen LogP contribution in [-0.4, -0.2) is 35.1 Å².